The molecule has 0 aliphatic heterocycles. The Morgan fingerprint density at radius 1 is 1.33 bits per heavy atom. The number of thiol groups is 1. The van der Waals surface area contributed by atoms with Gasteiger partial charge in [-0.05, 0) is 31.3 Å². The molecule has 4 nitrogen and oxygen atoms in total. The molecule has 0 radical (unpaired) electrons. The van der Waals surface area contributed by atoms with Crippen molar-refractivity contribution in [3.8, 4) is 0 Å². The standard InChI is InChI=1S/C13H20N2O2S/c1-15(9-10-17-2)8-7-14-13(16)11-3-5-12(18)6-4-11/h3-6,18H,7-10H2,1-2H3,(H,14,16). The number of nitrogens with zero attached hydrogens (tertiary/aromatic N) is 1. The van der Waals surface area contributed by atoms with Crippen LogP contribution in [0.4, 0.5) is 0 Å². The second-order valence-electron chi connectivity index (χ2n) is 4.10. The van der Waals surface area contributed by atoms with Crippen molar-refractivity contribution in [3.05, 3.63) is 29.8 Å². The van der Waals surface area contributed by atoms with Crippen molar-refractivity contribution in [2.24, 2.45) is 0 Å². The minimum absolute atomic E-state index is 0.0523. The summed E-state index contributed by atoms with van der Waals surface area (Å²) >= 11 is 4.18. The first kappa shape index (κ1) is 15.0. The van der Waals surface area contributed by atoms with Crippen molar-refractivity contribution < 1.29 is 9.53 Å². The molecule has 0 atom stereocenters. The van der Waals surface area contributed by atoms with Gasteiger partial charge in [0.15, 0.2) is 0 Å². The quantitative estimate of drug-likeness (QED) is 0.732. The van der Waals surface area contributed by atoms with Gasteiger partial charge in [0.2, 0.25) is 0 Å². The number of carbonyl (C=O) groups is 1. The van der Waals surface area contributed by atoms with Crippen molar-refractivity contribution in [3.63, 3.8) is 0 Å². The number of likely N-dealkylation sites (N-methyl/N-ethyl adjacent to an activating group) is 1. The predicted octanol–water partition coefficient (Wildman–Crippen LogP) is 1.28. The summed E-state index contributed by atoms with van der Waals surface area (Å²) in [4.78, 5) is 14.7. The molecule has 0 spiro atoms. The van der Waals surface area contributed by atoms with Gasteiger partial charge in [0, 0.05) is 37.2 Å². The maximum atomic E-state index is 11.8. The fraction of sp³-hybridized carbons (Fsp3) is 0.462. The van der Waals surface area contributed by atoms with E-state index in [1.807, 2.05) is 19.2 Å². The van der Waals surface area contributed by atoms with Crippen molar-refractivity contribution >= 4 is 18.5 Å². The highest BCUT2D eigenvalue weighted by Crippen LogP contribution is 2.07. The summed E-state index contributed by atoms with van der Waals surface area (Å²) < 4.78 is 4.98. The van der Waals surface area contributed by atoms with E-state index in [9.17, 15) is 4.79 Å². The molecule has 100 valence electrons. The summed E-state index contributed by atoms with van der Waals surface area (Å²) in [6, 6.07) is 7.16. The van der Waals surface area contributed by atoms with E-state index in [0.29, 0.717) is 18.7 Å². The molecular weight excluding hydrogens is 248 g/mol. The number of nitrogens with one attached hydrogen (secondary N) is 1. The second kappa shape index (κ2) is 8.13. The highest BCUT2D eigenvalue weighted by molar-refractivity contribution is 7.80. The molecule has 1 aromatic rings. The molecule has 5 heteroatoms. The molecule has 1 rings (SSSR count). The van der Waals surface area contributed by atoms with Crippen LogP contribution in [0.1, 0.15) is 10.4 Å². The lowest BCUT2D eigenvalue weighted by atomic mass is 10.2. The molecule has 0 saturated carbocycles. The third-order valence-electron chi connectivity index (χ3n) is 2.59. The second-order valence-corrected chi connectivity index (χ2v) is 4.62. The van der Waals surface area contributed by atoms with Gasteiger partial charge in [-0.25, -0.2) is 0 Å². The van der Waals surface area contributed by atoms with E-state index < -0.39 is 0 Å². The maximum absolute atomic E-state index is 11.8. The van der Waals surface area contributed by atoms with Gasteiger partial charge in [0.05, 0.1) is 6.61 Å². The van der Waals surface area contributed by atoms with E-state index in [1.165, 1.54) is 0 Å². The molecule has 18 heavy (non-hydrogen) atoms. The first-order valence-corrected chi connectivity index (χ1v) is 6.33. The van der Waals surface area contributed by atoms with Gasteiger partial charge >= 0.3 is 0 Å². The summed E-state index contributed by atoms with van der Waals surface area (Å²) in [5.41, 5.74) is 0.660. The number of benzene rings is 1. The Hall–Kier alpha value is -1.04. The van der Waals surface area contributed by atoms with Gasteiger partial charge < -0.3 is 15.0 Å². The van der Waals surface area contributed by atoms with Gasteiger partial charge in [0.1, 0.15) is 0 Å². The third kappa shape index (κ3) is 5.53. The molecule has 1 N–H and O–H groups in total. The molecule has 0 unspecified atom stereocenters. The molecule has 1 amide bonds. The zero-order valence-electron chi connectivity index (χ0n) is 10.8. The van der Waals surface area contributed by atoms with Crippen LogP contribution in [0.15, 0.2) is 29.2 Å². The number of hydrogen-bond acceptors (Lipinski definition) is 4. The van der Waals surface area contributed by atoms with Gasteiger partial charge in [-0.1, -0.05) is 0 Å². The van der Waals surface area contributed by atoms with Crippen LogP contribution in [0, 0.1) is 0 Å². The van der Waals surface area contributed by atoms with Gasteiger partial charge in [-0.3, -0.25) is 4.79 Å². The van der Waals surface area contributed by atoms with E-state index in [4.69, 9.17) is 4.74 Å². The number of carbonyl (C=O) groups excluding carboxylic acids is 1. The van der Waals surface area contributed by atoms with Crippen LogP contribution in [0.3, 0.4) is 0 Å². The Bertz CT molecular complexity index is 368. The number of ether oxygens (including phenoxy) is 1. The first-order chi connectivity index (χ1) is 8.63. The van der Waals surface area contributed by atoms with Crippen LogP contribution in [-0.4, -0.2) is 51.2 Å². The summed E-state index contributed by atoms with van der Waals surface area (Å²) in [5.74, 6) is -0.0523. The van der Waals surface area contributed by atoms with Crippen molar-refractivity contribution in [1.82, 2.24) is 10.2 Å². The average molecular weight is 268 g/mol. The third-order valence-corrected chi connectivity index (χ3v) is 2.88. The highest BCUT2D eigenvalue weighted by Gasteiger charge is 2.04. The molecule has 0 aliphatic rings. The first-order valence-electron chi connectivity index (χ1n) is 5.88. The molecule has 0 bridgehead atoms. The summed E-state index contributed by atoms with van der Waals surface area (Å²) in [6.07, 6.45) is 0. The van der Waals surface area contributed by atoms with Crippen molar-refractivity contribution in [2.75, 3.05) is 40.4 Å². The van der Waals surface area contributed by atoms with Gasteiger partial charge in [-0.15, -0.1) is 12.6 Å². The SMILES string of the molecule is COCCN(C)CCNC(=O)c1ccc(S)cc1. The fourth-order valence-electron chi connectivity index (χ4n) is 1.43. The Morgan fingerprint density at radius 2 is 2.00 bits per heavy atom. The predicted molar refractivity (Wildman–Crippen MR) is 75.4 cm³/mol. The fourth-order valence-corrected chi connectivity index (χ4v) is 1.58. The van der Waals surface area contributed by atoms with Crippen molar-refractivity contribution in [2.45, 2.75) is 4.90 Å². The lowest BCUT2D eigenvalue weighted by molar-refractivity contribution is 0.0947. The lowest BCUT2D eigenvalue weighted by Gasteiger charge is -2.16. The zero-order valence-corrected chi connectivity index (χ0v) is 11.7. The van der Waals surface area contributed by atoms with E-state index in [1.54, 1.807) is 19.2 Å². The molecule has 1 aromatic carbocycles. The average Bonchev–Trinajstić information content (AvgIpc) is 2.37. The van der Waals surface area contributed by atoms with Gasteiger partial charge in [-0.2, -0.15) is 0 Å². The number of amides is 1. The Labute approximate surface area is 114 Å². The summed E-state index contributed by atoms with van der Waals surface area (Å²) in [5, 5.41) is 2.88. The Morgan fingerprint density at radius 3 is 2.61 bits per heavy atom. The number of methoxy groups -OCH3 is 1. The molecule has 0 aromatic heterocycles. The van der Waals surface area contributed by atoms with Crippen LogP contribution < -0.4 is 5.32 Å². The van der Waals surface area contributed by atoms with Gasteiger partial charge in [0.25, 0.3) is 5.91 Å². The van der Waals surface area contributed by atoms with Crippen molar-refractivity contribution in [1.29, 1.82) is 0 Å². The lowest BCUT2D eigenvalue weighted by Crippen LogP contribution is -2.34. The van der Waals surface area contributed by atoms with Crippen LogP contribution in [0.25, 0.3) is 0 Å². The molecule has 0 saturated heterocycles. The largest absolute Gasteiger partial charge is 0.383 e. The van der Waals surface area contributed by atoms with E-state index in [0.717, 1.165) is 18.0 Å². The maximum Gasteiger partial charge on any atom is 0.251 e. The Balaban J connectivity index is 2.27. The number of hydrogen-bond donors (Lipinski definition) is 2. The normalized spacial score (nSPS) is 10.7. The van der Waals surface area contributed by atoms with Crippen LogP contribution in [-0.2, 0) is 4.74 Å². The monoisotopic (exact) mass is 268 g/mol. The zero-order chi connectivity index (χ0) is 13.4. The number of rotatable bonds is 7. The van der Waals surface area contributed by atoms with Crippen LogP contribution in [0.2, 0.25) is 0 Å². The smallest absolute Gasteiger partial charge is 0.251 e. The van der Waals surface area contributed by atoms with Crippen LogP contribution in [0.5, 0.6) is 0 Å². The van der Waals surface area contributed by atoms with Crippen LogP contribution >= 0.6 is 12.6 Å². The van der Waals surface area contributed by atoms with E-state index in [-0.39, 0.29) is 5.91 Å². The molecular formula is C13H20N2O2S. The summed E-state index contributed by atoms with van der Waals surface area (Å²) in [7, 11) is 3.68. The molecule has 0 aliphatic carbocycles. The molecule has 0 fully saturated rings. The summed E-state index contributed by atoms with van der Waals surface area (Å²) in [6.45, 7) is 3.00. The Kier molecular flexibility index (Phi) is 6.78. The minimum atomic E-state index is -0.0523. The topological polar surface area (TPSA) is 41.6 Å². The molecule has 0 heterocycles. The highest BCUT2D eigenvalue weighted by atomic mass is 32.1. The van der Waals surface area contributed by atoms with E-state index >= 15 is 0 Å². The minimum Gasteiger partial charge on any atom is -0.383 e. The van der Waals surface area contributed by atoms with E-state index in [2.05, 4.69) is 22.8 Å².